The van der Waals surface area contributed by atoms with Gasteiger partial charge in [0.05, 0.1) is 5.41 Å². The van der Waals surface area contributed by atoms with Gasteiger partial charge in [-0.1, -0.05) is 12.1 Å². The molecule has 1 aliphatic carbocycles. The number of hydrogen-bond donors (Lipinski definition) is 1. The first-order chi connectivity index (χ1) is 9.21. The van der Waals surface area contributed by atoms with Crippen LogP contribution >= 0.6 is 11.3 Å². The number of nitrogens with one attached hydrogen (secondary N) is 1. The summed E-state index contributed by atoms with van der Waals surface area (Å²) in [6, 6.07) is 8.27. The minimum Gasteiger partial charge on any atom is -0.351 e. The number of carbonyl (C=O) groups excluding carboxylic acids is 1. The molecule has 2 aromatic rings. The zero-order valence-corrected chi connectivity index (χ0v) is 11.2. The Morgan fingerprint density at radius 3 is 2.58 bits per heavy atom. The van der Waals surface area contributed by atoms with Gasteiger partial charge in [0.25, 0.3) is 0 Å². The maximum atomic E-state index is 12.9. The molecular weight excluding hydrogens is 261 g/mol. The molecule has 0 bridgehead atoms. The molecule has 3 rings (SSSR count). The van der Waals surface area contributed by atoms with E-state index in [-0.39, 0.29) is 11.7 Å². The van der Waals surface area contributed by atoms with E-state index in [1.54, 1.807) is 23.5 Å². The van der Waals surface area contributed by atoms with Gasteiger partial charge in [0.2, 0.25) is 5.91 Å². The highest BCUT2D eigenvalue weighted by Gasteiger charge is 2.51. The van der Waals surface area contributed by atoms with Gasteiger partial charge in [-0.25, -0.2) is 4.39 Å². The maximum Gasteiger partial charge on any atom is 0.230 e. The van der Waals surface area contributed by atoms with Gasteiger partial charge in [0.1, 0.15) is 5.82 Å². The van der Waals surface area contributed by atoms with Crippen molar-refractivity contribution in [2.45, 2.75) is 24.8 Å². The number of hydrogen-bond acceptors (Lipinski definition) is 2. The van der Waals surface area contributed by atoms with Gasteiger partial charge in [-0.2, -0.15) is 11.3 Å². The molecule has 0 unspecified atom stereocenters. The Bertz CT molecular complexity index is 573. The number of benzene rings is 1. The summed E-state index contributed by atoms with van der Waals surface area (Å²) in [6.07, 6.45) is 1.68. The highest BCUT2D eigenvalue weighted by atomic mass is 32.1. The Labute approximate surface area is 115 Å². The van der Waals surface area contributed by atoms with Crippen LogP contribution in [0.1, 0.15) is 24.0 Å². The molecule has 1 N–H and O–H groups in total. The van der Waals surface area contributed by atoms with Gasteiger partial charge in [-0.05, 0) is 52.9 Å². The van der Waals surface area contributed by atoms with Crippen molar-refractivity contribution >= 4 is 17.2 Å². The Hall–Kier alpha value is -1.68. The predicted molar refractivity (Wildman–Crippen MR) is 73.5 cm³/mol. The predicted octanol–water partition coefficient (Wildman–Crippen LogP) is 3.24. The summed E-state index contributed by atoms with van der Waals surface area (Å²) in [5.41, 5.74) is 1.61. The van der Waals surface area contributed by atoms with Gasteiger partial charge in [0, 0.05) is 6.54 Å². The highest BCUT2D eigenvalue weighted by Crippen LogP contribution is 2.48. The van der Waals surface area contributed by atoms with Crippen molar-refractivity contribution in [2.24, 2.45) is 0 Å². The molecule has 2 nitrogen and oxygen atoms in total. The molecule has 0 spiro atoms. The first kappa shape index (κ1) is 12.4. The lowest BCUT2D eigenvalue weighted by Gasteiger charge is -2.15. The topological polar surface area (TPSA) is 29.1 Å². The Kier molecular flexibility index (Phi) is 3.11. The number of amides is 1. The van der Waals surface area contributed by atoms with Crippen LogP contribution in [0, 0.1) is 5.82 Å². The SMILES string of the molecule is O=C(NCc1ccsc1)C1(c2ccc(F)cc2)CC1. The quantitative estimate of drug-likeness (QED) is 0.912. The second-order valence-electron chi connectivity index (χ2n) is 4.90. The van der Waals surface area contributed by atoms with E-state index in [0.717, 1.165) is 24.0 Å². The van der Waals surface area contributed by atoms with Crippen LogP contribution in [0.4, 0.5) is 4.39 Å². The third-order valence-corrected chi connectivity index (χ3v) is 4.35. The van der Waals surface area contributed by atoms with Gasteiger partial charge in [0.15, 0.2) is 0 Å². The first-order valence-electron chi connectivity index (χ1n) is 6.26. The van der Waals surface area contributed by atoms with Crippen LogP contribution in [0.25, 0.3) is 0 Å². The molecule has 0 atom stereocenters. The molecule has 1 heterocycles. The van der Waals surface area contributed by atoms with E-state index in [1.807, 2.05) is 16.8 Å². The van der Waals surface area contributed by atoms with Crippen LogP contribution in [-0.2, 0) is 16.8 Å². The molecule has 4 heteroatoms. The van der Waals surface area contributed by atoms with Gasteiger partial charge >= 0.3 is 0 Å². The van der Waals surface area contributed by atoms with E-state index in [1.165, 1.54) is 12.1 Å². The van der Waals surface area contributed by atoms with E-state index in [9.17, 15) is 9.18 Å². The Morgan fingerprint density at radius 2 is 2.00 bits per heavy atom. The average molecular weight is 275 g/mol. The fourth-order valence-corrected chi connectivity index (χ4v) is 2.95. The molecule has 19 heavy (non-hydrogen) atoms. The zero-order chi connectivity index (χ0) is 13.3. The van der Waals surface area contributed by atoms with Crippen molar-refractivity contribution < 1.29 is 9.18 Å². The van der Waals surface area contributed by atoms with E-state index in [0.29, 0.717) is 6.54 Å². The van der Waals surface area contributed by atoms with Crippen LogP contribution in [-0.4, -0.2) is 5.91 Å². The van der Waals surface area contributed by atoms with Crippen molar-refractivity contribution in [3.63, 3.8) is 0 Å². The Morgan fingerprint density at radius 1 is 1.26 bits per heavy atom. The number of halogens is 1. The van der Waals surface area contributed by atoms with Crippen molar-refractivity contribution in [1.29, 1.82) is 0 Å². The minimum atomic E-state index is -0.427. The summed E-state index contributed by atoms with van der Waals surface area (Å²) in [5, 5.41) is 6.99. The summed E-state index contributed by atoms with van der Waals surface area (Å²) in [6.45, 7) is 0.561. The lowest BCUT2D eigenvalue weighted by molar-refractivity contribution is -0.123. The molecule has 1 aromatic carbocycles. The van der Waals surface area contributed by atoms with Crippen LogP contribution in [0.5, 0.6) is 0 Å². The van der Waals surface area contributed by atoms with E-state index < -0.39 is 5.41 Å². The van der Waals surface area contributed by atoms with E-state index in [2.05, 4.69) is 5.32 Å². The van der Waals surface area contributed by atoms with Gasteiger partial charge in [-0.15, -0.1) is 0 Å². The van der Waals surface area contributed by atoms with Crippen molar-refractivity contribution in [3.8, 4) is 0 Å². The van der Waals surface area contributed by atoms with E-state index in [4.69, 9.17) is 0 Å². The Balaban J connectivity index is 1.70. The third-order valence-electron chi connectivity index (χ3n) is 3.61. The first-order valence-corrected chi connectivity index (χ1v) is 7.20. The van der Waals surface area contributed by atoms with Crippen molar-refractivity contribution in [2.75, 3.05) is 0 Å². The summed E-state index contributed by atoms with van der Waals surface area (Å²) in [4.78, 5) is 12.3. The van der Waals surface area contributed by atoms with Crippen molar-refractivity contribution in [1.82, 2.24) is 5.32 Å². The molecule has 1 aliphatic rings. The molecule has 0 radical (unpaired) electrons. The molecule has 1 saturated carbocycles. The van der Waals surface area contributed by atoms with Gasteiger partial charge < -0.3 is 5.32 Å². The molecule has 1 aromatic heterocycles. The fourth-order valence-electron chi connectivity index (χ4n) is 2.29. The summed E-state index contributed by atoms with van der Waals surface area (Å²) >= 11 is 1.62. The zero-order valence-electron chi connectivity index (χ0n) is 10.4. The summed E-state index contributed by atoms with van der Waals surface area (Å²) < 4.78 is 12.9. The smallest absolute Gasteiger partial charge is 0.230 e. The molecular formula is C15H14FNOS. The normalized spacial score (nSPS) is 16.1. The van der Waals surface area contributed by atoms with Crippen molar-refractivity contribution in [3.05, 3.63) is 58.0 Å². The second-order valence-corrected chi connectivity index (χ2v) is 5.68. The number of thiophene rings is 1. The molecule has 0 aliphatic heterocycles. The van der Waals surface area contributed by atoms with E-state index >= 15 is 0 Å². The standard InChI is InChI=1S/C15H14FNOS/c16-13-3-1-12(2-4-13)15(6-7-15)14(18)17-9-11-5-8-19-10-11/h1-5,8,10H,6-7,9H2,(H,17,18). The largest absolute Gasteiger partial charge is 0.351 e. The molecule has 98 valence electrons. The monoisotopic (exact) mass is 275 g/mol. The lowest BCUT2D eigenvalue weighted by atomic mass is 9.95. The second kappa shape index (κ2) is 4.78. The third kappa shape index (κ3) is 2.40. The summed E-state index contributed by atoms with van der Waals surface area (Å²) in [5.74, 6) is -0.219. The fraction of sp³-hybridized carbons (Fsp3) is 0.267. The number of carbonyl (C=O) groups is 1. The summed E-state index contributed by atoms with van der Waals surface area (Å²) in [7, 11) is 0. The lowest BCUT2D eigenvalue weighted by Crippen LogP contribution is -2.34. The minimum absolute atomic E-state index is 0.0466. The number of rotatable bonds is 4. The maximum absolute atomic E-state index is 12.9. The highest BCUT2D eigenvalue weighted by molar-refractivity contribution is 7.07. The molecule has 1 amide bonds. The van der Waals surface area contributed by atoms with Crippen LogP contribution in [0.15, 0.2) is 41.1 Å². The molecule has 0 saturated heterocycles. The molecule has 1 fully saturated rings. The van der Waals surface area contributed by atoms with Crippen LogP contribution in [0.2, 0.25) is 0 Å². The average Bonchev–Trinajstić information content (AvgIpc) is 3.07. The van der Waals surface area contributed by atoms with Crippen LogP contribution in [0.3, 0.4) is 0 Å². The van der Waals surface area contributed by atoms with Crippen LogP contribution < -0.4 is 5.32 Å². The van der Waals surface area contributed by atoms with Gasteiger partial charge in [-0.3, -0.25) is 4.79 Å².